The molecule has 0 radical (unpaired) electrons. The van der Waals surface area contributed by atoms with Gasteiger partial charge in [0.25, 0.3) is 0 Å². The van der Waals surface area contributed by atoms with Crippen molar-refractivity contribution in [1.82, 2.24) is 9.78 Å². The van der Waals surface area contributed by atoms with Crippen LogP contribution in [0.2, 0.25) is 5.15 Å². The fourth-order valence-electron chi connectivity index (χ4n) is 1.24. The van der Waals surface area contributed by atoms with Crippen LogP contribution in [0.5, 0.6) is 0 Å². The third-order valence-electron chi connectivity index (χ3n) is 2.10. The van der Waals surface area contributed by atoms with Gasteiger partial charge in [0.1, 0.15) is 5.56 Å². The molecule has 1 fully saturated rings. The third kappa shape index (κ3) is 1.75. The zero-order chi connectivity index (χ0) is 10.1. The number of rotatable bonds is 3. The molecule has 1 aromatic heterocycles. The zero-order valence-electron chi connectivity index (χ0n) is 7.86. The number of carbonyl (C=O) groups excluding carboxylic acids is 1. The Balaban J connectivity index is 2.19. The highest BCUT2D eigenvalue weighted by Gasteiger charge is 2.27. The predicted molar refractivity (Wildman–Crippen MR) is 51.5 cm³/mol. The van der Waals surface area contributed by atoms with Gasteiger partial charge in [-0.2, -0.15) is 5.10 Å². The van der Waals surface area contributed by atoms with Gasteiger partial charge in [0.05, 0.1) is 12.6 Å². The Morgan fingerprint density at radius 2 is 2.50 bits per heavy atom. The van der Waals surface area contributed by atoms with E-state index in [1.54, 1.807) is 17.8 Å². The summed E-state index contributed by atoms with van der Waals surface area (Å²) in [4.78, 5) is 11.4. The highest BCUT2D eigenvalue weighted by atomic mass is 35.5. The second-order valence-corrected chi connectivity index (χ2v) is 3.62. The van der Waals surface area contributed by atoms with Crippen molar-refractivity contribution < 1.29 is 9.53 Å². The minimum Gasteiger partial charge on any atom is -0.462 e. The van der Waals surface area contributed by atoms with Crippen molar-refractivity contribution in [1.29, 1.82) is 0 Å². The zero-order valence-corrected chi connectivity index (χ0v) is 8.62. The van der Waals surface area contributed by atoms with Gasteiger partial charge in [0.15, 0.2) is 5.15 Å². The molecule has 0 bridgehead atoms. The molecule has 1 aliphatic rings. The lowest BCUT2D eigenvalue weighted by atomic mass is 10.4. The average molecular weight is 215 g/mol. The monoisotopic (exact) mass is 214 g/mol. The fourth-order valence-corrected chi connectivity index (χ4v) is 1.45. The van der Waals surface area contributed by atoms with E-state index >= 15 is 0 Å². The highest BCUT2D eigenvalue weighted by Crippen LogP contribution is 2.35. The maximum absolute atomic E-state index is 11.4. The molecule has 0 atom stereocenters. The number of esters is 1. The third-order valence-corrected chi connectivity index (χ3v) is 2.38. The quantitative estimate of drug-likeness (QED) is 0.724. The van der Waals surface area contributed by atoms with E-state index < -0.39 is 5.97 Å². The lowest BCUT2D eigenvalue weighted by Crippen LogP contribution is -2.03. The molecule has 76 valence electrons. The van der Waals surface area contributed by atoms with E-state index in [2.05, 4.69) is 5.10 Å². The highest BCUT2D eigenvalue weighted by molar-refractivity contribution is 6.32. The summed E-state index contributed by atoms with van der Waals surface area (Å²) in [6, 6.07) is 0.427. The van der Waals surface area contributed by atoms with Crippen LogP contribution in [-0.4, -0.2) is 22.4 Å². The van der Waals surface area contributed by atoms with Crippen LogP contribution in [-0.2, 0) is 4.74 Å². The Bertz CT molecular complexity index is 358. The first kappa shape index (κ1) is 9.52. The Labute approximate surface area is 86.8 Å². The van der Waals surface area contributed by atoms with Gasteiger partial charge in [-0.1, -0.05) is 11.6 Å². The lowest BCUT2D eigenvalue weighted by molar-refractivity contribution is 0.0526. The van der Waals surface area contributed by atoms with Gasteiger partial charge in [-0.05, 0) is 19.8 Å². The number of aromatic nitrogens is 2. The summed E-state index contributed by atoms with van der Waals surface area (Å²) in [5.74, 6) is -0.399. The van der Waals surface area contributed by atoms with Gasteiger partial charge in [-0.25, -0.2) is 4.79 Å². The molecule has 0 unspecified atom stereocenters. The Kier molecular flexibility index (Phi) is 2.46. The molecular formula is C9H11ClN2O2. The number of nitrogens with zero attached hydrogens (tertiary/aromatic N) is 2. The average Bonchev–Trinajstić information content (AvgIpc) is 2.91. The van der Waals surface area contributed by atoms with Crippen molar-refractivity contribution in [2.75, 3.05) is 6.61 Å². The molecule has 4 nitrogen and oxygen atoms in total. The van der Waals surface area contributed by atoms with E-state index in [-0.39, 0.29) is 5.15 Å². The fraction of sp³-hybridized carbons (Fsp3) is 0.556. The second-order valence-electron chi connectivity index (χ2n) is 3.27. The van der Waals surface area contributed by atoms with Gasteiger partial charge in [-0.3, -0.25) is 4.68 Å². The van der Waals surface area contributed by atoms with Crippen molar-refractivity contribution in [3.8, 4) is 0 Å². The minimum absolute atomic E-state index is 0.232. The van der Waals surface area contributed by atoms with E-state index in [9.17, 15) is 4.79 Å². The van der Waals surface area contributed by atoms with E-state index in [4.69, 9.17) is 16.3 Å². The van der Waals surface area contributed by atoms with Crippen LogP contribution in [0.25, 0.3) is 0 Å². The van der Waals surface area contributed by atoms with Crippen molar-refractivity contribution >= 4 is 17.6 Å². The van der Waals surface area contributed by atoms with Crippen molar-refractivity contribution in [2.45, 2.75) is 25.8 Å². The van der Waals surface area contributed by atoms with E-state index in [1.807, 2.05) is 0 Å². The standard InChI is InChI=1S/C9H11ClN2O2/c1-2-14-9(13)7-5-12(6-3-4-6)11-8(7)10/h5-6H,2-4H2,1H3. The van der Waals surface area contributed by atoms with Gasteiger partial charge in [0.2, 0.25) is 0 Å². The lowest BCUT2D eigenvalue weighted by Gasteiger charge is -1.97. The number of hydrogen-bond donors (Lipinski definition) is 0. The topological polar surface area (TPSA) is 44.1 Å². The molecule has 0 spiro atoms. The molecule has 1 aliphatic carbocycles. The molecular weight excluding hydrogens is 204 g/mol. The van der Waals surface area contributed by atoms with E-state index in [1.165, 1.54) is 0 Å². The minimum atomic E-state index is -0.399. The van der Waals surface area contributed by atoms with Crippen LogP contribution in [0.4, 0.5) is 0 Å². The molecule has 0 amide bonds. The number of hydrogen-bond acceptors (Lipinski definition) is 3. The molecule has 14 heavy (non-hydrogen) atoms. The number of carbonyl (C=O) groups is 1. The molecule has 5 heteroatoms. The molecule has 0 saturated heterocycles. The second kappa shape index (κ2) is 3.61. The Morgan fingerprint density at radius 3 is 3.07 bits per heavy atom. The van der Waals surface area contributed by atoms with Crippen molar-refractivity contribution in [3.05, 3.63) is 16.9 Å². The van der Waals surface area contributed by atoms with Crippen molar-refractivity contribution in [2.24, 2.45) is 0 Å². The van der Waals surface area contributed by atoms with Gasteiger partial charge in [0, 0.05) is 6.20 Å². The number of ether oxygens (including phenoxy) is 1. The van der Waals surface area contributed by atoms with Gasteiger partial charge >= 0.3 is 5.97 Å². The SMILES string of the molecule is CCOC(=O)c1cn(C2CC2)nc1Cl. The van der Waals surface area contributed by atoms with Crippen LogP contribution < -0.4 is 0 Å². The molecule has 2 rings (SSSR count). The summed E-state index contributed by atoms with van der Waals surface area (Å²) >= 11 is 5.81. The summed E-state index contributed by atoms with van der Waals surface area (Å²) in [5.41, 5.74) is 0.361. The Morgan fingerprint density at radius 1 is 1.79 bits per heavy atom. The summed E-state index contributed by atoms with van der Waals surface area (Å²) < 4.78 is 6.59. The first-order valence-corrected chi connectivity index (χ1v) is 5.02. The molecule has 1 heterocycles. The number of halogens is 1. The van der Waals surface area contributed by atoms with Gasteiger partial charge < -0.3 is 4.74 Å². The van der Waals surface area contributed by atoms with Gasteiger partial charge in [-0.15, -0.1) is 0 Å². The molecule has 1 aromatic rings. The smallest absolute Gasteiger partial charge is 0.342 e. The van der Waals surface area contributed by atoms with Crippen LogP contribution in [0.3, 0.4) is 0 Å². The predicted octanol–water partition coefficient (Wildman–Crippen LogP) is 2.05. The normalized spacial score (nSPS) is 15.6. The van der Waals surface area contributed by atoms with Crippen LogP contribution in [0.15, 0.2) is 6.20 Å². The molecule has 0 aliphatic heterocycles. The maximum Gasteiger partial charge on any atom is 0.342 e. The van der Waals surface area contributed by atoms with E-state index in [0.717, 1.165) is 12.8 Å². The van der Waals surface area contributed by atoms with Crippen LogP contribution in [0, 0.1) is 0 Å². The summed E-state index contributed by atoms with van der Waals surface area (Å²) in [6.45, 7) is 2.11. The van der Waals surface area contributed by atoms with Crippen molar-refractivity contribution in [3.63, 3.8) is 0 Å². The molecule has 1 saturated carbocycles. The largest absolute Gasteiger partial charge is 0.462 e. The molecule has 0 N–H and O–H groups in total. The maximum atomic E-state index is 11.4. The van der Waals surface area contributed by atoms with Crippen LogP contribution in [0.1, 0.15) is 36.2 Å². The van der Waals surface area contributed by atoms with E-state index in [0.29, 0.717) is 18.2 Å². The first-order chi connectivity index (χ1) is 6.72. The Hall–Kier alpha value is -1.03. The van der Waals surface area contributed by atoms with Crippen LogP contribution >= 0.6 is 11.6 Å². The summed E-state index contributed by atoms with van der Waals surface area (Å²) in [6.07, 6.45) is 3.89. The summed E-state index contributed by atoms with van der Waals surface area (Å²) in [7, 11) is 0. The molecule has 0 aromatic carbocycles. The summed E-state index contributed by atoms with van der Waals surface area (Å²) in [5, 5.41) is 4.29. The first-order valence-electron chi connectivity index (χ1n) is 4.64.